The van der Waals surface area contributed by atoms with E-state index < -0.39 is 9.52 Å². The number of rotatable bonds is 0. The maximum Gasteiger partial charge on any atom is 0.0576 e. The minimum atomic E-state index is -1.67. The highest BCUT2D eigenvalue weighted by Crippen LogP contribution is 2.26. The molecule has 1 aliphatic heterocycles. The fourth-order valence-corrected chi connectivity index (χ4v) is 2.02. The van der Waals surface area contributed by atoms with E-state index in [2.05, 4.69) is 59.8 Å². The maximum absolute atomic E-state index is 10.1. The van der Waals surface area contributed by atoms with Gasteiger partial charge in [-0.1, -0.05) is 112 Å². The van der Waals surface area contributed by atoms with Gasteiger partial charge in [0.15, 0.2) is 0 Å². The van der Waals surface area contributed by atoms with Crippen LogP contribution in [0.1, 0.15) is 88.1 Å². The van der Waals surface area contributed by atoms with Crippen LogP contribution in [-0.4, -0.2) is 45.3 Å². The third kappa shape index (κ3) is 49.9. The number of aromatic nitrogens is 2. The van der Waals surface area contributed by atoms with Crippen molar-refractivity contribution in [1.82, 2.24) is 9.97 Å². The number of nitrogens with zero attached hydrogens (tertiary/aromatic N) is 3. The SMILES string of the molecule is C.C.C.C.C.C.C=S(C)(C)=O.CC1=CCN=C1.CC1CC1.Cc1ccccc1.Cc1ccccn1.Cc1ccncc1. The molecule has 244 valence electrons. The third-order valence-electron chi connectivity index (χ3n) is 4.28. The van der Waals surface area contributed by atoms with Gasteiger partial charge in [0.25, 0.3) is 0 Å². The zero-order valence-corrected chi connectivity index (χ0v) is 24.0. The average Bonchev–Trinajstić information content (AvgIpc) is 3.45. The molecule has 0 radical (unpaired) electrons. The number of hydrogen-bond donors (Lipinski definition) is 0. The molecule has 0 N–H and O–H groups in total. The van der Waals surface area contributed by atoms with E-state index in [0.29, 0.717) is 0 Å². The molecule has 0 unspecified atom stereocenters. The summed E-state index contributed by atoms with van der Waals surface area (Å²) >= 11 is 0. The molecule has 2 aliphatic rings. The van der Waals surface area contributed by atoms with Gasteiger partial charge < -0.3 is 0 Å². The first kappa shape index (κ1) is 55.0. The first-order valence-electron chi connectivity index (χ1n) is 12.2. The van der Waals surface area contributed by atoms with Gasteiger partial charge in [0.05, 0.1) is 6.54 Å². The Kier molecular flexibility index (Phi) is 44.7. The first-order chi connectivity index (χ1) is 17.0. The van der Waals surface area contributed by atoms with Crippen molar-refractivity contribution in [2.24, 2.45) is 10.9 Å². The molecule has 1 saturated carbocycles. The smallest absolute Gasteiger partial charge is 0.0576 e. The summed E-state index contributed by atoms with van der Waals surface area (Å²) in [4.78, 5) is 11.8. The molecule has 0 bridgehead atoms. The summed E-state index contributed by atoms with van der Waals surface area (Å²) in [7, 11) is -1.67. The van der Waals surface area contributed by atoms with Crippen molar-refractivity contribution < 1.29 is 4.21 Å². The molecule has 0 spiro atoms. The van der Waals surface area contributed by atoms with Crippen LogP contribution >= 0.6 is 0 Å². The molecule has 5 rings (SSSR count). The van der Waals surface area contributed by atoms with E-state index in [1.54, 1.807) is 31.1 Å². The summed E-state index contributed by atoms with van der Waals surface area (Å²) in [5, 5.41) is 0. The van der Waals surface area contributed by atoms with Crippen LogP contribution in [-0.2, 0) is 9.52 Å². The topological polar surface area (TPSA) is 55.2 Å². The fraction of sp³-hybridized carbons (Fsp3) is 0.459. The lowest BCUT2D eigenvalue weighted by Crippen LogP contribution is -1.86. The normalized spacial score (nSPS) is 10.9. The van der Waals surface area contributed by atoms with Crippen LogP contribution in [0.2, 0.25) is 0 Å². The minimum absolute atomic E-state index is 0. The number of aryl methyl sites for hydroxylation is 3. The Morgan fingerprint density at radius 2 is 1.14 bits per heavy atom. The van der Waals surface area contributed by atoms with Gasteiger partial charge in [-0.05, 0) is 84.4 Å². The van der Waals surface area contributed by atoms with Crippen LogP contribution in [0.25, 0.3) is 0 Å². The quantitative estimate of drug-likeness (QED) is 0.240. The molecule has 3 aromatic rings. The monoisotopic (exact) mass is 604 g/mol. The highest BCUT2D eigenvalue weighted by atomic mass is 32.2. The van der Waals surface area contributed by atoms with Gasteiger partial charge in [-0.25, -0.2) is 0 Å². The zero-order valence-electron chi connectivity index (χ0n) is 23.2. The van der Waals surface area contributed by atoms with Gasteiger partial charge in [-0.3, -0.25) is 19.2 Å². The summed E-state index contributed by atoms with van der Waals surface area (Å²) in [6.07, 6.45) is 15.5. The number of allylic oxidation sites excluding steroid dienone is 1. The van der Waals surface area contributed by atoms with Crippen LogP contribution in [0.4, 0.5) is 0 Å². The van der Waals surface area contributed by atoms with E-state index in [9.17, 15) is 4.21 Å². The van der Waals surface area contributed by atoms with Crippen molar-refractivity contribution in [2.45, 2.75) is 92.0 Å². The van der Waals surface area contributed by atoms with Crippen molar-refractivity contribution in [3.8, 4) is 0 Å². The maximum atomic E-state index is 10.1. The number of benzene rings is 1. The van der Waals surface area contributed by atoms with E-state index in [4.69, 9.17) is 0 Å². The molecule has 5 heteroatoms. The second-order valence-electron chi connectivity index (χ2n) is 9.21. The van der Waals surface area contributed by atoms with Gasteiger partial charge in [-0.15, -0.1) is 0 Å². The Morgan fingerprint density at radius 3 is 1.31 bits per heavy atom. The highest BCUT2D eigenvalue weighted by Gasteiger charge is 2.12. The van der Waals surface area contributed by atoms with Crippen LogP contribution in [0.3, 0.4) is 0 Å². The molecule has 0 atom stereocenters. The van der Waals surface area contributed by atoms with Gasteiger partial charge in [0, 0.05) is 43.0 Å². The summed E-state index contributed by atoms with van der Waals surface area (Å²) in [6.45, 7) is 11.3. The minimum Gasteiger partial charge on any atom is -0.289 e. The van der Waals surface area contributed by atoms with E-state index >= 15 is 0 Å². The van der Waals surface area contributed by atoms with Crippen LogP contribution < -0.4 is 0 Å². The molecule has 4 nitrogen and oxygen atoms in total. The lowest BCUT2D eigenvalue weighted by molar-refractivity contribution is 0.688. The van der Waals surface area contributed by atoms with Gasteiger partial charge in [0.1, 0.15) is 0 Å². The lowest BCUT2D eigenvalue weighted by Gasteiger charge is -1.82. The van der Waals surface area contributed by atoms with E-state index in [0.717, 1.165) is 18.2 Å². The molecule has 2 aromatic heterocycles. The third-order valence-corrected chi connectivity index (χ3v) is 4.28. The zero-order chi connectivity index (χ0) is 27.2. The Balaban J connectivity index is -0.0000000686. The van der Waals surface area contributed by atoms with Crippen molar-refractivity contribution in [3.63, 3.8) is 0 Å². The van der Waals surface area contributed by atoms with E-state index in [1.165, 1.54) is 29.5 Å². The Hall–Kier alpha value is -3.05. The number of aliphatic imine (C=N–C) groups is 1. The molecule has 1 aliphatic carbocycles. The molecule has 1 aromatic carbocycles. The molecule has 0 saturated heterocycles. The molecule has 42 heavy (non-hydrogen) atoms. The number of hydrogen-bond acceptors (Lipinski definition) is 4. The molecule has 0 amide bonds. The second kappa shape index (κ2) is 34.2. The Labute approximate surface area is 264 Å². The van der Waals surface area contributed by atoms with Gasteiger partial charge in [-0.2, -0.15) is 0 Å². The Bertz CT molecular complexity index is 976. The van der Waals surface area contributed by atoms with E-state index in [1.807, 2.05) is 68.6 Å². The fourth-order valence-electron chi connectivity index (χ4n) is 2.02. The summed E-state index contributed by atoms with van der Waals surface area (Å²) in [5.41, 5.74) is 4.94. The molecular weight excluding hydrogens is 534 g/mol. The summed E-state index contributed by atoms with van der Waals surface area (Å²) in [6, 6.07) is 20.1. The summed E-state index contributed by atoms with van der Waals surface area (Å²) < 4.78 is 10.1. The van der Waals surface area contributed by atoms with Crippen LogP contribution in [0.5, 0.6) is 0 Å². The summed E-state index contributed by atoms with van der Waals surface area (Å²) in [5.74, 6) is 4.38. The standard InChI is InChI=1S/C7H8.2C6H7N.C5H7N.C4H8.C3H8OS.6CH4/c1-7-5-3-2-4-6-7;1-6-2-4-7-5-3-6;1-6-4-2-3-5-7-6;1-5-2-3-6-4-5;1-4-2-3-4;1-5(2,3)4;;;;;;/h2-6H,1H3;2*2-5H,1H3;2,4H,3H2,1H3;4H,2-3H2,1H3;1H2,2-3H3;6*1H4. The van der Waals surface area contributed by atoms with Crippen molar-refractivity contribution >= 4 is 21.6 Å². The van der Waals surface area contributed by atoms with Crippen LogP contribution in [0, 0.1) is 26.7 Å². The van der Waals surface area contributed by atoms with Gasteiger partial charge >= 0.3 is 0 Å². The molecule has 3 heterocycles. The van der Waals surface area contributed by atoms with Crippen molar-refractivity contribution in [2.75, 3.05) is 19.1 Å². The predicted octanol–water partition coefficient (Wildman–Crippen LogP) is 11.0. The average molecular weight is 604 g/mol. The highest BCUT2D eigenvalue weighted by molar-refractivity contribution is 7.98. The molecule has 1 fully saturated rings. The van der Waals surface area contributed by atoms with Crippen LogP contribution in [0.15, 0.2) is 95.9 Å². The van der Waals surface area contributed by atoms with Crippen molar-refractivity contribution in [1.29, 1.82) is 0 Å². The first-order valence-corrected chi connectivity index (χ1v) is 14.7. The Morgan fingerprint density at radius 1 is 0.714 bits per heavy atom. The molecular formula is C37H69N3OS. The lowest BCUT2D eigenvalue weighted by atomic mass is 10.2. The number of pyridine rings is 2. The van der Waals surface area contributed by atoms with E-state index in [-0.39, 0.29) is 44.6 Å². The van der Waals surface area contributed by atoms with Gasteiger partial charge in [0.2, 0.25) is 0 Å². The largest absolute Gasteiger partial charge is 0.289 e. The second-order valence-corrected chi connectivity index (χ2v) is 12.1. The van der Waals surface area contributed by atoms with Crippen molar-refractivity contribution in [3.05, 3.63) is 108 Å². The predicted molar refractivity (Wildman–Crippen MR) is 202 cm³/mol.